The number of furan rings is 1. The fourth-order valence-electron chi connectivity index (χ4n) is 2.94. The van der Waals surface area contributed by atoms with Gasteiger partial charge < -0.3 is 4.42 Å². The predicted molar refractivity (Wildman–Crippen MR) is 96.6 cm³/mol. The van der Waals surface area contributed by atoms with Crippen LogP contribution in [0, 0.1) is 0 Å². The molecular weight excluding hydrogens is 280 g/mol. The fraction of sp³-hybridized carbons (Fsp3) is 0.273. The Labute approximate surface area is 139 Å². The molecule has 2 aromatic carbocycles. The van der Waals surface area contributed by atoms with Crippen LogP contribution in [0.5, 0.6) is 0 Å². The molecule has 1 heteroatoms. The normalized spacial score (nSPS) is 10.8. The van der Waals surface area contributed by atoms with Crippen molar-refractivity contribution in [2.24, 2.45) is 0 Å². The van der Waals surface area contributed by atoms with Gasteiger partial charge in [-0.2, -0.15) is 0 Å². The number of hydrogen-bond acceptors (Lipinski definition) is 1. The van der Waals surface area contributed by atoms with Crippen LogP contribution in [0.25, 0.3) is 11.3 Å². The summed E-state index contributed by atoms with van der Waals surface area (Å²) in [7, 11) is 0. The summed E-state index contributed by atoms with van der Waals surface area (Å²) in [6.07, 6.45) is 5.65. The Bertz CT molecular complexity index is 710. The van der Waals surface area contributed by atoms with Gasteiger partial charge in [0.05, 0.1) is 0 Å². The lowest BCUT2D eigenvalue weighted by molar-refractivity contribution is 0.507. The molecule has 0 aliphatic heterocycles. The van der Waals surface area contributed by atoms with E-state index in [9.17, 15) is 0 Å². The van der Waals surface area contributed by atoms with Crippen LogP contribution in [-0.4, -0.2) is 0 Å². The Kier molecular flexibility index (Phi) is 5.31. The van der Waals surface area contributed by atoms with E-state index in [1.165, 1.54) is 36.0 Å². The number of unbranched alkanes of at least 4 members (excludes halogenated alkanes) is 2. The zero-order chi connectivity index (χ0) is 15.9. The maximum absolute atomic E-state index is 6.22. The molecule has 1 aromatic heterocycles. The van der Waals surface area contributed by atoms with Gasteiger partial charge in [0.2, 0.25) is 0 Å². The predicted octanol–water partition coefficient (Wildman–Crippen LogP) is 6.27. The Morgan fingerprint density at radius 3 is 2.22 bits per heavy atom. The van der Waals surface area contributed by atoms with Gasteiger partial charge >= 0.3 is 0 Å². The molecule has 0 saturated heterocycles. The molecular formula is C22H24O. The van der Waals surface area contributed by atoms with Crippen LogP contribution >= 0.6 is 0 Å². The average Bonchev–Trinajstić information content (AvgIpc) is 2.99. The maximum Gasteiger partial charge on any atom is 0.137 e. The van der Waals surface area contributed by atoms with Crippen molar-refractivity contribution in [3.8, 4) is 11.3 Å². The van der Waals surface area contributed by atoms with Gasteiger partial charge in [0, 0.05) is 24.0 Å². The molecule has 0 amide bonds. The third kappa shape index (κ3) is 4.13. The molecule has 1 nitrogen and oxygen atoms in total. The largest absolute Gasteiger partial charge is 0.461 e. The Balaban J connectivity index is 1.89. The highest BCUT2D eigenvalue weighted by Gasteiger charge is 2.13. The Hall–Kier alpha value is -2.28. The molecule has 118 valence electrons. The van der Waals surface area contributed by atoms with E-state index in [-0.39, 0.29) is 0 Å². The fourth-order valence-corrected chi connectivity index (χ4v) is 2.94. The smallest absolute Gasteiger partial charge is 0.137 e. The quantitative estimate of drug-likeness (QED) is 0.469. The number of aryl methyl sites for hydroxylation is 1. The average molecular weight is 304 g/mol. The molecule has 0 fully saturated rings. The lowest BCUT2D eigenvalue weighted by Crippen LogP contribution is -1.88. The third-order valence-corrected chi connectivity index (χ3v) is 4.16. The number of rotatable bonds is 7. The molecule has 0 unspecified atom stereocenters. The second-order valence-corrected chi connectivity index (χ2v) is 6.05. The first-order valence-electron chi connectivity index (χ1n) is 8.57. The molecule has 0 saturated carbocycles. The summed E-state index contributed by atoms with van der Waals surface area (Å²) in [6, 6.07) is 23.3. The van der Waals surface area contributed by atoms with Crippen molar-refractivity contribution in [2.75, 3.05) is 0 Å². The van der Waals surface area contributed by atoms with Gasteiger partial charge in [0.15, 0.2) is 0 Å². The van der Waals surface area contributed by atoms with Gasteiger partial charge in [-0.05, 0) is 18.1 Å². The maximum atomic E-state index is 6.22. The summed E-state index contributed by atoms with van der Waals surface area (Å²) >= 11 is 0. The van der Waals surface area contributed by atoms with E-state index in [0.29, 0.717) is 0 Å². The lowest BCUT2D eigenvalue weighted by atomic mass is 10.0. The summed E-state index contributed by atoms with van der Waals surface area (Å²) in [6.45, 7) is 2.23. The van der Waals surface area contributed by atoms with E-state index in [4.69, 9.17) is 4.42 Å². The molecule has 0 N–H and O–H groups in total. The van der Waals surface area contributed by atoms with Gasteiger partial charge in [0.1, 0.15) is 11.5 Å². The first-order chi connectivity index (χ1) is 11.4. The van der Waals surface area contributed by atoms with E-state index < -0.39 is 0 Å². The topological polar surface area (TPSA) is 13.1 Å². The second-order valence-electron chi connectivity index (χ2n) is 6.05. The zero-order valence-electron chi connectivity index (χ0n) is 13.8. The molecule has 0 aliphatic carbocycles. The Morgan fingerprint density at radius 2 is 1.52 bits per heavy atom. The monoisotopic (exact) mass is 304 g/mol. The van der Waals surface area contributed by atoms with Crippen LogP contribution < -0.4 is 0 Å². The minimum absolute atomic E-state index is 0.919. The molecule has 0 atom stereocenters. The first-order valence-corrected chi connectivity index (χ1v) is 8.57. The van der Waals surface area contributed by atoms with Crippen LogP contribution in [0.1, 0.15) is 43.1 Å². The highest BCUT2D eigenvalue weighted by atomic mass is 16.3. The van der Waals surface area contributed by atoms with Crippen molar-refractivity contribution >= 4 is 0 Å². The van der Waals surface area contributed by atoms with Gasteiger partial charge in [-0.15, -0.1) is 0 Å². The molecule has 23 heavy (non-hydrogen) atoms. The van der Waals surface area contributed by atoms with Gasteiger partial charge in [-0.25, -0.2) is 0 Å². The SMILES string of the molecule is CCCCCc1cc(Cc2ccccc2)c(-c2ccccc2)o1. The lowest BCUT2D eigenvalue weighted by Gasteiger charge is -2.03. The van der Waals surface area contributed by atoms with E-state index in [0.717, 1.165) is 24.4 Å². The summed E-state index contributed by atoms with van der Waals surface area (Å²) in [5.74, 6) is 2.14. The summed E-state index contributed by atoms with van der Waals surface area (Å²) < 4.78 is 6.22. The molecule has 0 spiro atoms. The Morgan fingerprint density at radius 1 is 0.826 bits per heavy atom. The van der Waals surface area contributed by atoms with Crippen molar-refractivity contribution in [2.45, 2.75) is 39.0 Å². The molecule has 0 radical (unpaired) electrons. The van der Waals surface area contributed by atoms with Crippen molar-refractivity contribution in [1.82, 2.24) is 0 Å². The van der Waals surface area contributed by atoms with Crippen LogP contribution in [0.15, 0.2) is 71.1 Å². The first kappa shape index (κ1) is 15.6. The third-order valence-electron chi connectivity index (χ3n) is 4.16. The zero-order valence-corrected chi connectivity index (χ0v) is 13.8. The van der Waals surface area contributed by atoms with Crippen LogP contribution in [0.4, 0.5) is 0 Å². The van der Waals surface area contributed by atoms with Gasteiger partial charge in [-0.1, -0.05) is 80.4 Å². The number of hydrogen-bond donors (Lipinski definition) is 0. The minimum atomic E-state index is 0.919. The summed E-state index contributed by atoms with van der Waals surface area (Å²) in [5.41, 5.74) is 3.78. The van der Waals surface area contributed by atoms with Crippen molar-refractivity contribution < 1.29 is 4.42 Å². The van der Waals surface area contributed by atoms with E-state index in [1.54, 1.807) is 0 Å². The summed E-state index contributed by atoms with van der Waals surface area (Å²) in [4.78, 5) is 0. The van der Waals surface area contributed by atoms with Crippen LogP contribution in [0.3, 0.4) is 0 Å². The standard InChI is InChI=1S/C22H24O/c1-2-3-6-15-21-17-20(16-18-11-7-4-8-12-18)22(23-21)19-13-9-5-10-14-19/h4-5,7-14,17H,2-3,6,15-16H2,1H3. The van der Waals surface area contributed by atoms with Gasteiger partial charge in [0.25, 0.3) is 0 Å². The van der Waals surface area contributed by atoms with Crippen molar-refractivity contribution in [3.05, 3.63) is 83.6 Å². The van der Waals surface area contributed by atoms with E-state index in [2.05, 4.69) is 67.6 Å². The van der Waals surface area contributed by atoms with E-state index in [1.807, 2.05) is 6.07 Å². The molecule has 3 aromatic rings. The van der Waals surface area contributed by atoms with Gasteiger partial charge in [-0.3, -0.25) is 0 Å². The van der Waals surface area contributed by atoms with E-state index >= 15 is 0 Å². The molecule has 0 bridgehead atoms. The van der Waals surface area contributed by atoms with Crippen molar-refractivity contribution in [3.63, 3.8) is 0 Å². The van der Waals surface area contributed by atoms with Crippen LogP contribution in [-0.2, 0) is 12.8 Å². The van der Waals surface area contributed by atoms with Crippen molar-refractivity contribution in [1.29, 1.82) is 0 Å². The van der Waals surface area contributed by atoms with Crippen LogP contribution in [0.2, 0.25) is 0 Å². The molecule has 3 rings (SSSR count). The highest BCUT2D eigenvalue weighted by molar-refractivity contribution is 5.62. The molecule has 1 heterocycles. The highest BCUT2D eigenvalue weighted by Crippen LogP contribution is 2.30. The summed E-state index contributed by atoms with van der Waals surface area (Å²) in [5, 5.41) is 0. The number of benzene rings is 2. The second kappa shape index (κ2) is 7.82. The molecule has 0 aliphatic rings. The minimum Gasteiger partial charge on any atom is -0.461 e.